The number of para-hydroxylation sites is 1. The van der Waals surface area contributed by atoms with Crippen molar-refractivity contribution in [2.75, 3.05) is 18.0 Å². The molecule has 1 aliphatic rings. The van der Waals surface area contributed by atoms with Gasteiger partial charge in [-0.3, -0.25) is 0 Å². The topological polar surface area (TPSA) is 29.3 Å². The number of rotatable bonds is 2. The minimum Gasteiger partial charge on any atom is -0.369 e. The third-order valence-electron chi connectivity index (χ3n) is 3.19. The fourth-order valence-corrected chi connectivity index (χ4v) is 3.86. The maximum Gasteiger partial charge on any atom is 0.0415 e. The van der Waals surface area contributed by atoms with Crippen molar-refractivity contribution in [1.82, 2.24) is 0 Å². The predicted octanol–water partition coefficient (Wildman–Crippen LogP) is 3.04. The van der Waals surface area contributed by atoms with E-state index in [-0.39, 0.29) is 6.04 Å². The van der Waals surface area contributed by atoms with Gasteiger partial charge in [-0.15, -0.1) is 0 Å². The molecule has 3 atom stereocenters. The second-order valence-electron chi connectivity index (χ2n) is 5.01. The van der Waals surface area contributed by atoms with Gasteiger partial charge >= 0.3 is 0 Å². The molecule has 0 radical (unpaired) electrons. The highest BCUT2D eigenvalue weighted by molar-refractivity contribution is 8.00. The third-order valence-corrected chi connectivity index (χ3v) is 4.41. The average molecular weight is 250 g/mol. The Labute approximate surface area is 109 Å². The first-order valence-electron chi connectivity index (χ1n) is 6.33. The van der Waals surface area contributed by atoms with Crippen LogP contribution in [0.25, 0.3) is 0 Å². The Balaban J connectivity index is 2.27. The van der Waals surface area contributed by atoms with Gasteiger partial charge in [-0.05, 0) is 18.6 Å². The number of hydrogen-bond donors (Lipinski definition) is 1. The molecule has 0 saturated carbocycles. The Bertz CT molecular complexity index is 368. The summed E-state index contributed by atoms with van der Waals surface area (Å²) in [5, 5.41) is 1.39. The lowest BCUT2D eigenvalue weighted by Crippen LogP contribution is -2.41. The van der Waals surface area contributed by atoms with Crippen molar-refractivity contribution in [3.05, 3.63) is 29.8 Å². The Morgan fingerprint density at radius 2 is 1.82 bits per heavy atom. The van der Waals surface area contributed by atoms with Gasteiger partial charge in [-0.1, -0.05) is 32.0 Å². The zero-order valence-electron chi connectivity index (χ0n) is 10.9. The van der Waals surface area contributed by atoms with Gasteiger partial charge in [-0.25, -0.2) is 0 Å². The summed E-state index contributed by atoms with van der Waals surface area (Å²) in [4.78, 5) is 2.49. The van der Waals surface area contributed by atoms with E-state index in [9.17, 15) is 0 Å². The SMILES string of the molecule is CC1CN(c2ccccc2[C@@H](C)N)CC(C)S1. The molecule has 0 bridgehead atoms. The van der Waals surface area contributed by atoms with E-state index in [0.29, 0.717) is 10.5 Å². The van der Waals surface area contributed by atoms with Crippen LogP contribution in [0.15, 0.2) is 24.3 Å². The third kappa shape index (κ3) is 2.96. The lowest BCUT2D eigenvalue weighted by molar-refractivity contribution is 0.714. The van der Waals surface area contributed by atoms with E-state index in [1.807, 2.05) is 0 Å². The van der Waals surface area contributed by atoms with Gasteiger partial charge in [-0.2, -0.15) is 11.8 Å². The van der Waals surface area contributed by atoms with Crippen LogP contribution >= 0.6 is 11.8 Å². The molecule has 1 heterocycles. The van der Waals surface area contributed by atoms with Gasteiger partial charge in [0.2, 0.25) is 0 Å². The van der Waals surface area contributed by atoms with Crippen LogP contribution in [0.1, 0.15) is 32.4 Å². The zero-order valence-corrected chi connectivity index (χ0v) is 11.7. The molecule has 94 valence electrons. The normalized spacial score (nSPS) is 26.9. The summed E-state index contributed by atoms with van der Waals surface area (Å²) in [6, 6.07) is 8.64. The molecule has 0 aromatic heterocycles. The fraction of sp³-hybridized carbons (Fsp3) is 0.571. The molecule has 3 heteroatoms. The Hall–Kier alpha value is -0.670. The Kier molecular flexibility index (Phi) is 4.00. The van der Waals surface area contributed by atoms with Gasteiger partial charge in [0.25, 0.3) is 0 Å². The van der Waals surface area contributed by atoms with Crippen molar-refractivity contribution in [2.45, 2.75) is 37.3 Å². The van der Waals surface area contributed by atoms with Crippen molar-refractivity contribution in [3.63, 3.8) is 0 Å². The van der Waals surface area contributed by atoms with Crippen molar-refractivity contribution >= 4 is 17.4 Å². The largest absolute Gasteiger partial charge is 0.369 e. The van der Waals surface area contributed by atoms with Gasteiger partial charge in [0.05, 0.1) is 0 Å². The van der Waals surface area contributed by atoms with Crippen LogP contribution in [-0.2, 0) is 0 Å². The number of nitrogens with zero attached hydrogens (tertiary/aromatic N) is 1. The van der Waals surface area contributed by atoms with Crippen molar-refractivity contribution in [3.8, 4) is 0 Å². The fourth-order valence-electron chi connectivity index (χ4n) is 2.54. The van der Waals surface area contributed by atoms with Crippen LogP contribution in [0.2, 0.25) is 0 Å². The number of benzene rings is 1. The summed E-state index contributed by atoms with van der Waals surface area (Å²) in [7, 11) is 0. The van der Waals surface area contributed by atoms with Gasteiger partial charge < -0.3 is 10.6 Å². The predicted molar refractivity (Wildman–Crippen MR) is 77.8 cm³/mol. The molecule has 2 rings (SSSR count). The molecule has 0 spiro atoms. The van der Waals surface area contributed by atoms with Crippen LogP contribution in [0.3, 0.4) is 0 Å². The summed E-state index contributed by atoms with van der Waals surface area (Å²) in [5.41, 5.74) is 8.64. The average Bonchev–Trinajstić information content (AvgIpc) is 2.27. The van der Waals surface area contributed by atoms with E-state index >= 15 is 0 Å². The van der Waals surface area contributed by atoms with Crippen molar-refractivity contribution in [1.29, 1.82) is 0 Å². The molecule has 0 amide bonds. The molecule has 2 unspecified atom stereocenters. The van der Waals surface area contributed by atoms with E-state index in [1.165, 1.54) is 11.3 Å². The van der Waals surface area contributed by atoms with Crippen molar-refractivity contribution < 1.29 is 0 Å². The summed E-state index contributed by atoms with van der Waals surface area (Å²) >= 11 is 2.08. The van der Waals surface area contributed by atoms with Crippen LogP contribution in [0, 0.1) is 0 Å². The van der Waals surface area contributed by atoms with Crippen LogP contribution < -0.4 is 10.6 Å². The minimum absolute atomic E-state index is 0.103. The standard InChI is InChI=1S/C14H22N2S/c1-10-8-16(9-11(2)17-10)14-7-5-4-6-13(14)12(3)15/h4-7,10-12H,8-9,15H2,1-3H3/t10?,11?,12-/m1/s1. The molecule has 1 fully saturated rings. The van der Waals surface area contributed by atoms with Crippen LogP contribution in [0.5, 0.6) is 0 Å². The summed E-state index contributed by atoms with van der Waals surface area (Å²) in [6.45, 7) is 8.92. The van der Waals surface area contributed by atoms with Gasteiger partial charge in [0.15, 0.2) is 0 Å². The second-order valence-corrected chi connectivity index (χ2v) is 6.89. The quantitative estimate of drug-likeness (QED) is 0.875. The molecule has 1 saturated heterocycles. The maximum absolute atomic E-state index is 6.06. The molecule has 2 nitrogen and oxygen atoms in total. The molecular weight excluding hydrogens is 228 g/mol. The molecule has 0 aliphatic carbocycles. The van der Waals surface area contributed by atoms with Crippen LogP contribution in [-0.4, -0.2) is 23.6 Å². The first-order valence-corrected chi connectivity index (χ1v) is 7.27. The van der Waals surface area contributed by atoms with Crippen LogP contribution in [0.4, 0.5) is 5.69 Å². The molecule has 1 aromatic rings. The highest BCUT2D eigenvalue weighted by Gasteiger charge is 2.24. The Morgan fingerprint density at radius 3 is 2.41 bits per heavy atom. The first kappa shape index (κ1) is 12.8. The first-order chi connectivity index (χ1) is 8.08. The Morgan fingerprint density at radius 1 is 1.24 bits per heavy atom. The minimum atomic E-state index is 0.103. The zero-order chi connectivity index (χ0) is 12.4. The second kappa shape index (κ2) is 5.32. The number of hydrogen-bond acceptors (Lipinski definition) is 3. The highest BCUT2D eigenvalue weighted by atomic mass is 32.2. The smallest absolute Gasteiger partial charge is 0.0415 e. The van der Waals surface area contributed by atoms with E-state index in [0.717, 1.165) is 13.1 Å². The summed E-state index contributed by atoms with van der Waals surface area (Å²) < 4.78 is 0. The molecule has 2 N–H and O–H groups in total. The van der Waals surface area contributed by atoms with E-state index in [2.05, 4.69) is 61.7 Å². The number of thioether (sulfide) groups is 1. The molecule has 1 aliphatic heterocycles. The van der Waals surface area contributed by atoms with Gasteiger partial charge in [0, 0.05) is 35.3 Å². The highest BCUT2D eigenvalue weighted by Crippen LogP contribution is 2.32. The summed E-state index contributed by atoms with van der Waals surface area (Å²) in [5.74, 6) is 0. The van der Waals surface area contributed by atoms with Crippen molar-refractivity contribution in [2.24, 2.45) is 5.73 Å². The molecular formula is C14H22N2S. The number of anilines is 1. The lowest BCUT2D eigenvalue weighted by Gasteiger charge is -2.37. The summed E-state index contributed by atoms with van der Waals surface area (Å²) in [6.07, 6.45) is 0. The van der Waals surface area contributed by atoms with Gasteiger partial charge in [0.1, 0.15) is 0 Å². The number of nitrogens with two attached hydrogens (primary N) is 1. The molecule has 1 aromatic carbocycles. The van der Waals surface area contributed by atoms with E-state index in [4.69, 9.17) is 5.73 Å². The monoisotopic (exact) mass is 250 g/mol. The van der Waals surface area contributed by atoms with E-state index in [1.54, 1.807) is 0 Å². The van der Waals surface area contributed by atoms with E-state index < -0.39 is 0 Å². The maximum atomic E-state index is 6.06. The molecule has 17 heavy (non-hydrogen) atoms. The lowest BCUT2D eigenvalue weighted by atomic mass is 10.1.